The summed E-state index contributed by atoms with van der Waals surface area (Å²) in [6.45, 7) is -0.628. The van der Waals surface area contributed by atoms with Crippen LogP contribution < -0.4 is 11.2 Å². The minimum absolute atomic E-state index is 0.0190. The number of nitrogens with two attached hydrogens (primary N) is 1. The molecule has 0 radical (unpaired) electrons. The molecule has 0 bridgehead atoms. The van der Waals surface area contributed by atoms with Crippen LogP contribution in [-0.2, 0) is 4.74 Å². The first kappa shape index (κ1) is 24.5. The Balaban J connectivity index is 1.67. The quantitative estimate of drug-likeness (QED) is 0.159. The van der Waals surface area contributed by atoms with Gasteiger partial charge in [-0.25, -0.2) is 10.2 Å². The summed E-state index contributed by atoms with van der Waals surface area (Å²) >= 11 is 0. The number of amides is 4. The maximum absolute atomic E-state index is 13.8. The molecular formula is C27H23N5O8. The number of primary amides is 1. The van der Waals surface area contributed by atoms with Crippen molar-refractivity contribution in [3.05, 3.63) is 59.7 Å². The summed E-state index contributed by atoms with van der Waals surface area (Å²) in [6, 6.07) is 13.0. The molecule has 4 heterocycles. The molecule has 0 saturated carbocycles. The van der Waals surface area contributed by atoms with Crippen molar-refractivity contribution in [3.8, 4) is 0 Å². The van der Waals surface area contributed by atoms with E-state index in [1.54, 1.807) is 53.1 Å². The van der Waals surface area contributed by atoms with E-state index in [1.165, 1.54) is 0 Å². The molecule has 0 unspecified atom stereocenters. The van der Waals surface area contributed by atoms with Gasteiger partial charge in [-0.05, 0) is 12.1 Å². The van der Waals surface area contributed by atoms with Gasteiger partial charge in [0.15, 0.2) is 6.23 Å². The highest BCUT2D eigenvalue weighted by atomic mass is 16.6. The van der Waals surface area contributed by atoms with Gasteiger partial charge in [-0.15, -0.1) is 0 Å². The first-order chi connectivity index (χ1) is 19.2. The number of aromatic nitrogens is 2. The molecule has 13 nitrogen and oxygen atoms in total. The molecule has 3 aromatic carbocycles. The highest BCUT2D eigenvalue weighted by Gasteiger charge is 2.47. The monoisotopic (exact) mass is 545 g/mol. The fraction of sp³-hybridized carbons (Fsp3) is 0.222. The maximum atomic E-state index is 13.8. The number of urea groups is 1. The van der Waals surface area contributed by atoms with Gasteiger partial charge in [-0.3, -0.25) is 9.59 Å². The zero-order chi connectivity index (χ0) is 28.0. The summed E-state index contributed by atoms with van der Waals surface area (Å²) in [5, 5.41) is 44.5. The first-order valence-corrected chi connectivity index (χ1v) is 12.5. The zero-order valence-corrected chi connectivity index (χ0v) is 20.6. The normalized spacial score (nSPS) is 25.0. The van der Waals surface area contributed by atoms with Crippen LogP contribution in [0.15, 0.2) is 48.5 Å². The standard InChI is InChI=1S/C27H23N5O8/c28-27(39)30-32-24(37)17-15-10-5-1-3-7-12(10)29-19(15)20-16(18(17)25(32)38)11-6-2-4-8-13(11)31(20)26-23(36)22(35)21(34)14(9-33)40-26/h1-8,14,21-23,26,29,33-36H,9H2,(H3,28,30,39)/t14-,21-,22+,23-,26-/m1/s1. The van der Waals surface area contributed by atoms with Gasteiger partial charge in [-0.1, -0.05) is 36.4 Å². The van der Waals surface area contributed by atoms with Crippen molar-refractivity contribution in [2.75, 3.05) is 6.61 Å². The number of fused-ring (bicyclic) bond motifs is 10. The van der Waals surface area contributed by atoms with E-state index in [1.807, 2.05) is 0 Å². The highest BCUT2D eigenvalue weighted by Crippen LogP contribution is 2.47. The van der Waals surface area contributed by atoms with E-state index in [0.29, 0.717) is 48.6 Å². The van der Waals surface area contributed by atoms with Crippen molar-refractivity contribution in [2.24, 2.45) is 5.73 Å². The van der Waals surface area contributed by atoms with Gasteiger partial charge in [0.2, 0.25) is 0 Å². The molecule has 8 N–H and O–H groups in total. The van der Waals surface area contributed by atoms with Gasteiger partial charge >= 0.3 is 6.03 Å². The Morgan fingerprint density at radius 3 is 2.27 bits per heavy atom. The number of para-hydroxylation sites is 2. The molecule has 0 aliphatic carbocycles. The molecule has 2 aliphatic rings. The van der Waals surface area contributed by atoms with Crippen molar-refractivity contribution in [3.63, 3.8) is 0 Å². The van der Waals surface area contributed by atoms with Gasteiger partial charge in [0.25, 0.3) is 11.8 Å². The van der Waals surface area contributed by atoms with E-state index in [2.05, 4.69) is 10.4 Å². The Morgan fingerprint density at radius 2 is 1.57 bits per heavy atom. The van der Waals surface area contributed by atoms with Gasteiger partial charge in [0.05, 0.1) is 34.3 Å². The lowest BCUT2D eigenvalue weighted by atomic mass is 9.96. The minimum Gasteiger partial charge on any atom is -0.394 e. The first-order valence-electron chi connectivity index (χ1n) is 12.5. The van der Waals surface area contributed by atoms with E-state index in [4.69, 9.17) is 10.5 Å². The number of aliphatic hydroxyl groups is 4. The third kappa shape index (κ3) is 3.06. The Morgan fingerprint density at radius 1 is 0.925 bits per heavy atom. The molecule has 4 amide bonds. The number of hydrogen-bond acceptors (Lipinski definition) is 8. The fourth-order valence-corrected chi connectivity index (χ4v) is 6.11. The van der Waals surface area contributed by atoms with Crippen LogP contribution in [0.25, 0.3) is 43.6 Å². The molecule has 5 atom stereocenters. The molecule has 7 rings (SSSR count). The number of ether oxygens (including phenoxy) is 1. The average Bonchev–Trinajstić information content (AvgIpc) is 3.57. The topological polar surface area (TPSA) is 203 Å². The third-order valence-electron chi connectivity index (χ3n) is 7.78. The number of rotatable bonds is 3. The van der Waals surface area contributed by atoms with Crippen LogP contribution in [0.2, 0.25) is 0 Å². The zero-order valence-electron chi connectivity index (χ0n) is 20.6. The largest absolute Gasteiger partial charge is 0.394 e. The summed E-state index contributed by atoms with van der Waals surface area (Å²) in [5.41, 5.74) is 9.41. The summed E-state index contributed by atoms with van der Waals surface area (Å²) in [5.74, 6) is -1.56. The number of imide groups is 1. The lowest BCUT2D eigenvalue weighted by molar-refractivity contribution is -0.249. The summed E-state index contributed by atoms with van der Waals surface area (Å²) in [6.07, 6.45) is -7.36. The molecule has 2 aromatic heterocycles. The Hall–Kier alpha value is -4.53. The molecule has 0 spiro atoms. The number of H-pyrrole nitrogens is 1. The summed E-state index contributed by atoms with van der Waals surface area (Å²) in [4.78, 5) is 42.5. The number of carbonyl (C=O) groups excluding carboxylic acids is 3. The molecule has 1 fully saturated rings. The summed E-state index contributed by atoms with van der Waals surface area (Å²) in [7, 11) is 0. The number of aromatic amines is 1. The number of carbonyl (C=O) groups is 3. The van der Waals surface area contributed by atoms with Crippen LogP contribution in [-0.4, -0.2) is 83.9 Å². The van der Waals surface area contributed by atoms with Crippen LogP contribution >= 0.6 is 0 Å². The number of hydrazine groups is 1. The van der Waals surface area contributed by atoms with Crippen LogP contribution in [0.4, 0.5) is 4.79 Å². The second-order valence-electron chi connectivity index (χ2n) is 9.92. The van der Waals surface area contributed by atoms with Crippen molar-refractivity contribution in [1.82, 2.24) is 20.0 Å². The van der Waals surface area contributed by atoms with Crippen LogP contribution in [0.3, 0.4) is 0 Å². The molecular weight excluding hydrogens is 522 g/mol. The van der Waals surface area contributed by atoms with Crippen molar-refractivity contribution >= 4 is 61.5 Å². The van der Waals surface area contributed by atoms with E-state index in [0.717, 1.165) is 0 Å². The van der Waals surface area contributed by atoms with Crippen LogP contribution in [0.5, 0.6) is 0 Å². The average molecular weight is 546 g/mol. The molecule has 40 heavy (non-hydrogen) atoms. The SMILES string of the molecule is NC(=O)NN1C(=O)c2c(c3c4ccccc4n([C@@H]4O[C@H](CO)[C@@H](O)[C@H](O)[C@H]4O)c3c3[nH]c4ccccc4c23)C1=O. The van der Waals surface area contributed by atoms with Crippen molar-refractivity contribution in [1.29, 1.82) is 0 Å². The number of aliphatic hydroxyl groups excluding tert-OH is 4. The highest BCUT2D eigenvalue weighted by molar-refractivity contribution is 6.39. The second-order valence-corrected chi connectivity index (χ2v) is 9.92. The predicted molar refractivity (Wildman–Crippen MR) is 141 cm³/mol. The molecule has 204 valence electrons. The lowest BCUT2D eigenvalue weighted by Crippen LogP contribution is -2.56. The van der Waals surface area contributed by atoms with Crippen LogP contribution in [0, 0.1) is 0 Å². The Kier molecular flexibility index (Phi) is 5.20. The van der Waals surface area contributed by atoms with Crippen LogP contribution in [0.1, 0.15) is 26.9 Å². The molecule has 13 heteroatoms. The maximum Gasteiger partial charge on any atom is 0.331 e. The number of nitrogens with zero attached hydrogens (tertiary/aromatic N) is 2. The summed E-state index contributed by atoms with van der Waals surface area (Å²) < 4.78 is 7.55. The Labute approximate surface area is 223 Å². The van der Waals surface area contributed by atoms with Crippen molar-refractivity contribution in [2.45, 2.75) is 30.6 Å². The molecule has 1 saturated heterocycles. The predicted octanol–water partition coefficient (Wildman–Crippen LogP) is 0.581. The fourth-order valence-electron chi connectivity index (χ4n) is 6.11. The second kappa shape index (κ2) is 8.48. The van der Waals surface area contributed by atoms with E-state index < -0.39 is 55.1 Å². The van der Waals surface area contributed by atoms with Gasteiger partial charge < -0.3 is 40.4 Å². The van der Waals surface area contributed by atoms with Gasteiger partial charge in [0, 0.05) is 27.1 Å². The number of nitrogens with one attached hydrogen (secondary N) is 2. The lowest BCUT2D eigenvalue weighted by Gasteiger charge is -2.41. The van der Waals surface area contributed by atoms with Crippen molar-refractivity contribution < 1.29 is 39.5 Å². The van der Waals surface area contributed by atoms with Gasteiger partial charge in [-0.2, -0.15) is 5.01 Å². The smallest absolute Gasteiger partial charge is 0.331 e. The van der Waals surface area contributed by atoms with E-state index in [9.17, 15) is 34.8 Å². The minimum atomic E-state index is -1.65. The number of benzene rings is 3. The van der Waals surface area contributed by atoms with E-state index in [-0.39, 0.29) is 11.1 Å². The van der Waals surface area contributed by atoms with E-state index >= 15 is 0 Å². The number of hydrogen-bond donors (Lipinski definition) is 7. The third-order valence-corrected chi connectivity index (χ3v) is 7.78. The Bertz CT molecular complexity index is 1910. The molecule has 2 aliphatic heterocycles. The molecule has 5 aromatic rings. The van der Waals surface area contributed by atoms with Gasteiger partial charge in [0.1, 0.15) is 24.4 Å².